The number of rotatable bonds is 4. The van der Waals surface area contributed by atoms with Crippen LogP contribution in [0.3, 0.4) is 0 Å². The fourth-order valence-electron chi connectivity index (χ4n) is 1.99. The van der Waals surface area contributed by atoms with Crippen molar-refractivity contribution in [3.8, 4) is 0 Å². The second kappa shape index (κ2) is 5.00. The number of H-pyrrole nitrogens is 1. The number of fused-ring (bicyclic) bond motifs is 1. The predicted molar refractivity (Wildman–Crippen MR) is 73.7 cm³/mol. The van der Waals surface area contributed by atoms with E-state index in [-0.39, 0.29) is 0 Å². The summed E-state index contributed by atoms with van der Waals surface area (Å²) in [4.78, 5) is 7.77. The van der Waals surface area contributed by atoms with Gasteiger partial charge in [0.2, 0.25) is 0 Å². The van der Waals surface area contributed by atoms with Crippen LogP contribution in [-0.2, 0) is 6.54 Å². The summed E-state index contributed by atoms with van der Waals surface area (Å²) in [6, 6.07) is 4.05. The molecule has 0 aliphatic carbocycles. The van der Waals surface area contributed by atoms with E-state index < -0.39 is 0 Å². The largest absolute Gasteiger partial charge is 0.329 e. The predicted octanol–water partition coefficient (Wildman–Crippen LogP) is 3.84. The average Bonchev–Trinajstić information content (AvgIpc) is 2.55. The molecule has 0 spiro atoms. The van der Waals surface area contributed by atoms with Crippen LogP contribution in [0, 0.1) is 17.6 Å². The summed E-state index contributed by atoms with van der Waals surface area (Å²) in [5.74, 6) is 0.740. The maximum Gasteiger partial charge on any atom is 0.179 e. The molecule has 0 aromatic carbocycles. The molecule has 4 heteroatoms. The van der Waals surface area contributed by atoms with Crippen molar-refractivity contribution in [1.82, 2.24) is 14.5 Å². The first kappa shape index (κ1) is 12.3. The van der Waals surface area contributed by atoms with Gasteiger partial charge in [0.1, 0.15) is 0 Å². The van der Waals surface area contributed by atoms with Gasteiger partial charge in [0, 0.05) is 12.2 Å². The Morgan fingerprint density at radius 1 is 1.41 bits per heavy atom. The average molecular weight is 249 g/mol. The topological polar surface area (TPSA) is 33.6 Å². The molecule has 3 nitrogen and oxygen atoms in total. The quantitative estimate of drug-likeness (QED) is 0.835. The summed E-state index contributed by atoms with van der Waals surface area (Å²) in [7, 11) is 0. The molecule has 2 heterocycles. The fraction of sp³-hybridized carbons (Fsp3) is 0.538. The molecule has 0 unspecified atom stereocenters. The molecule has 92 valence electrons. The summed E-state index contributed by atoms with van der Waals surface area (Å²) < 4.78 is 2.89. The molecule has 2 aromatic heterocycles. The van der Waals surface area contributed by atoms with E-state index in [0.717, 1.165) is 40.5 Å². The van der Waals surface area contributed by atoms with Gasteiger partial charge in [-0.2, -0.15) is 0 Å². The van der Waals surface area contributed by atoms with Gasteiger partial charge in [0.25, 0.3) is 0 Å². The van der Waals surface area contributed by atoms with Crippen LogP contribution >= 0.6 is 12.2 Å². The summed E-state index contributed by atoms with van der Waals surface area (Å²) in [5.41, 5.74) is 3.05. The van der Waals surface area contributed by atoms with Crippen LogP contribution in [0.5, 0.6) is 0 Å². The third-order valence-electron chi connectivity index (χ3n) is 2.92. The number of aryl methyl sites for hydroxylation is 2. The minimum absolute atomic E-state index is 0.740. The van der Waals surface area contributed by atoms with Crippen molar-refractivity contribution >= 4 is 23.4 Å². The van der Waals surface area contributed by atoms with Crippen molar-refractivity contribution in [1.29, 1.82) is 0 Å². The van der Waals surface area contributed by atoms with Crippen molar-refractivity contribution in [3.05, 3.63) is 22.6 Å². The SMILES string of the molecule is Cc1ccc2[nH]c(=S)n(CCCC(C)C)c2n1. The van der Waals surface area contributed by atoms with Crippen LogP contribution in [0.1, 0.15) is 32.4 Å². The molecule has 0 bridgehead atoms. The van der Waals surface area contributed by atoms with Gasteiger partial charge >= 0.3 is 0 Å². The first-order valence-corrected chi connectivity index (χ1v) is 6.55. The smallest absolute Gasteiger partial charge is 0.179 e. The number of aromatic amines is 1. The summed E-state index contributed by atoms with van der Waals surface area (Å²) >= 11 is 5.34. The Morgan fingerprint density at radius 3 is 2.88 bits per heavy atom. The van der Waals surface area contributed by atoms with Gasteiger partial charge in [0.15, 0.2) is 10.4 Å². The fourth-order valence-corrected chi connectivity index (χ4v) is 2.28. The molecule has 0 saturated carbocycles. The Labute approximate surface area is 107 Å². The van der Waals surface area contributed by atoms with Gasteiger partial charge in [-0.15, -0.1) is 0 Å². The lowest BCUT2D eigenvalue weighted by Gasteiger charge is -2.06. The van der Waals surface area contributed by atoms with Crippen LogP contribution in [-0.4, -0.2) is 14.5 Å². The first-order chi connectivity index (χ1) is 8.08. The van der Waals surface area contributed by atoms with E-state index in [1.165, 1.54) is 6.42 Å². The highest BCUT2D eigenvalue weighted by Crippen LogP contribution is 2.14. The summed E-state index contributed by atoms with van der Waals surface area (Å²) in [6.07, 6.45) is 2.37. The zero-order valence-corrected chi connectivity index (χ0v) is 11.5. The van der Waals surface area contributed by atoms with E-state index in [0.29, 0.717) is 0 Å². The molecule has 17 heavy (non-hydrogen) atoms. The number of imidazole rings is 1. The molecule has 2 aromatic rings. The van der Waals surface area contributed by atoms with Gasteiger partial charge < -0.3 is 9.55 Å². The van der Waals surface area contributed by atoms with Gasteiger partial charge in [-0.25, -0.2) is 4.98 Å². The van der Waals surface area contributed by atoms with Crippen LogP contribution in [0.4, 0.5) is 0 Å². The highest BCUT2D eigenvalue weighted by atomic mass is 32.1. The molecular formula is C13H19N3S. The van der Waals surface area contributed by atoms with E-state index >= 15 is 0 Å². The minimum Gasteiger partial charge on any atom is -0.329 e. The Balaban J connectivity index is 2.29. The van der Waals surface area contributed by atoms with Crippen LogP contribution in [0.15, 0.2) is 12.1 Å². The summed E-state index contributed by atoms with van der Waals surface area (Å²) in [6.45, 7) is 7.45. The molecular weight excluding hydrogens is 230 g/mol. The third kappa shape index (κ3) is 2.75. The molecule has 0 fully saturated rings. The van der Waals surface area contributed by atoms with Crippen LogP contribution in [0.2, 0.25) is 0 Å². The van der Waals surface area contributed by atoms with Crippen molar-refractivity contribution in [2.24, 2.45) is 5.92 Å². The van der Waals surface area contributed by atoms with Gasteiger partial charge in [-0.1, -0.05) is 13.8 Å². The number of hydrogen-bond donors (Lipinski definition) is 1. The molecule has 2 rings (SSSR count). The zero-order valence-electron chi connectivity index (χ0n) is 10.7. The van der Waals surface area contributed by atoms with Gasteiger partial charge in [0.05, 0.1) is 5.52 Å². The van der Waals surface area contributed by atoms with Crippen molar-refractivity contribution in [2.45, 2.75) is 40.2 Å². The maximum atomic E-state index is 5.34. The molecule has 0 aliphatic heterocycles. The Kier molecular flexibility index (Phi) is 3.62. The van der Waals surface area contributed by atoms with Crippen molar-refractivity contribution in [2.75, 3.05) is 0 Å². The Bertz CT molecular complexity index is 566. The first-order valence-electron chi connectivity index (χ1n) is 6.14. The molecule has 0 aliphatic rings. The minimum atomic E-state index is 0.740. The van der Waals surface area contributed by atoms with E-state index in [1.54, 1.807) is 0 Å². The van der Waals surface area contributed by atoms with Crippen molar-refractivity contribution in [3.63, 3.8) is 0 Å². The van der Waals surface area contributed by atoms with Gasteiger partial charge in [-0.05, 0) is 50.0 Å². The highest BCUT2D eigenvalue weighted by molar-refractivity contribution is 7.71. The van der Waals surface area contributed by atoms with Crippen molar-refractivity contribution < 1.29 is 0 Å². The number of pyridine rings is 1. The van der Waals surface area contributed by atoms with E-state index in [2.05, 4.69) is 28.4 Å². The molecule has 0 radical (unpaired) electrons. The normalized spacial score (nSPS) is 11.5. The standard InChI is InChI=1S/C13H19N3S/c1-9(2)5-4-8-16-12-11(15-13(16)17)7-6-10(3)14-12/h6-7,9H,4-5,8H2,1-3H3,(H,15,17). The summed E-state index contributed by atoms with van der Waals surface area (Å²) in [5, 5.41) is 0. The number of hydrogen-bond acceptors (Lipinski definition) is 2. The lowest BCUT2D eigenvalue weighted by molar-refractivity contribution is 0.513. The monoisotopic (exact) mass is 249 g/mol. The third-order valence-corrected chi connectivity index (χ3v) is 3.24. The molecule has 1 N–H and O–H groups in total. The Morgan fingerprint density at radius 2 is 2.18 bits per heavy atom. The van der Waals surface area contributed by atoms with Gasteiger partial charge in [-0.3, -0.25) is 0 Å². The number of nitrogens with one attached hydrogen (secondary N) is 1. The highest BCUT2D eigenvalue weighted by Gasteiger charge is 2.06. The molecule has 0 amide bonds. The van der Waals surface area contributed by atoms with Crippen LogP contribution in [0.25, 0.3) is 11.2 Å². The van der Waals surface area contributed by atoms with Crippen LogP contribution < -0.4 is 0 Å². The second-order valence-electron chi connectivity index (χ2n) is 4.94. The number of aromatic nitrogens is 3. The lowest BCUT2D eigenvalue weighted by Crippen LogP contribution is -2.01. The molecule has 0 saturated heterocycles. The maximum absolute atomic E-state index is 5.34. The van der Waals surface area contributed by atoms with E-state index in [9.17, 15) is 0 Å². The lowest BCUT2D eigenvalue weighted by atomic mass is 10.1. The van der Waals surface area contributed by atoms with E-state index in [1.807, 2.05) is 19.1 Å². The molecule has 0 atom stereocenters. The second-order valence-corrected chi connectivity index (χ2v) is 5.33. The zero-order chi connectivity index (χ0) is 12.4. The number of nitrogens with zero attached hydrogens (tertiary/aromatic N) is 2. The Hall–Kier alpha value is -1.16. The van der Waals surface area contributed by atoms with E-state index in [4.69, 9.17) is 12.2 Å².